The Morgan fingerprint density at radius 2 is 1.86 bits per heavy atom. The molecule has 154 valence electrons. The molecule has 9 heteroatoms. The van der Waals surface area contributed by atoms with Crippen LogP contribution in [0, 0.1) is 0 Å². The first-order valence-electron chi connectivity index (χ1n) is 9.54. The maximum atomic E-state index is 12.4. The van der Waals surface area contributed by atoms with Gasteiger partial charge in [0.05, 0.1) is 17.7 Å². The second-order valence-electron chi connectivity index (χ2n) is 8.57. The summed E-state index contributed by atoms with van der Waals surface area (Å²) in [6.07, 6.45) is 2.07. The number of amides is 1. The smallest absolute Gasteiger partial charge is 0.229 e. The van der Waals surface area contributed by atoms with Crippen LogP contribution in [0.3, 0.4) is 0 Å². The molecule has 0 radical (unpaired) electrons. The quantitative estimate of drug-likeness (QED) is 0.805. The van der Waals surface area contributed by atoms with Gasteiger partial charge in [-0.05, 0) is 44.0 Å². The number of benzene rings is 1. The van der Waals surface area contributed by atoms with Crippen molar-refractivity contribution in [1.29, 1.82) is 0 Å². The molecule has 0 spiro atoms. The lowest BCUT2D eigenvalue weighted by Crippen LogP contribution is -2.42. The van der Waals surface area contributed by atoms with E-state index >= 15 is 0 Å². The minimum Gasteiger partial charge on any atom is -0.349 e. The molecule has 0 unspecified atom stereocenters. The van der Waals surface area contributed by atoms with Gasteiger partial charge in [-0.25, -0.2) is 13.4 Å². The molecule has 0 atom stereocenters. The summed E-state index contributed by atoms with van der Waals surface area (Å²) >= 11 is 0. The Morgan fingerprint density at radius 1 is 1.14 bits per heavy atom. The minimum atomic E-state index is -3.05. The van der Waals surface area contributed by atoms with Crippen molar-refractivity contribution >= 4 is 38.9 Å². The van der Waals surface area contributed by atoms with Gasteiger partial charge in [-0.2, -0.15) is 4.98 Å². The lowest BCUT2D eigenvalue weighted by atomic mass is 10.1. The molecule has 0 fully saturated rings. The molecular formula is C20H25N5O3S. The van der Waals surface area contributed by atoms with Crippen molar-refractivity contribution in [2.45, 2.75) is 44.2 Å². The molecule has 1 aromatic carbocycles. The van der Waals surface area contributed by atoms with Crippen molar-refractivity contribution in [3.63, 3.8) is 0 Å². The van der Waals surface area contributed by atoms with Gasteiger partial charge in [-0.15, -0.1) is 0 Å². The van der Waals surface area contributed by atoms with Crippen LogP contribution >= 0.6 is 0 Å². The van der Waals surface area contributed by atoms with Crippen LogP contribution in [0.1, 0.15) is 38.3 Å². The van der Waals surface area contributed by atoms with Gasteiger partial charge in [-0.1, -0.05) is 6.07 Å². The molecule has 2 aromatic rings. The molecule has 0 saturated heterocycles. The van der Waals surface area contributed by atoms with Crippen LogP contribution in [0.2, 0.25) is 0 Å². The number of fused-ring (bicyclic) bond motifs is 2. The number of hydrogen-bond donors (Lipinski definition) is 1. The number of anilines is 4. The first-order chi connectivity index (χ1) is 13.5. The highest BCUT2D eigenvalue weighted by Gasteiger charge is 2.32. The Kier molecular flexibility index (Phi) is 4.53. The number of nitrogens with one attached hydrogen (secondary N) is 1. The third-order valence-electron chi connectivity index (χ3n) is 5.31. The van der Waals surface area contributed by atoms with Gasteiger partial charge in [0.2, 0.25) is 11.9 Å². The molecule has 0 bridgehead atoms. The maximum absolute atomic E-state index is 12.4. The van der Waals surface area contributed by atoms with E-state index in [-0.39, 0.29) is 23.0 Å². The Morgan fingerprint density at radius 3 is 2.59 bits per heavy atom. The Labute approximate surface area is 170 Å². The van der Waals surface area contributed by atoms with E-state index in [2.05, 4.69) is 36.0 Å². The summed E-state index contributed by atoms with van der Waals surface area (Å²) in [5.41, 5.74) is 2.85. The number of rotatable bonds is 2. The van der Waals surface area contributed by atoms with Crippen LogP contribution in [0.5, 0.6) is 0 Å². The van der Waals surface area contributed by atoms with Crippen LogP contribution in [-0.4, -0.2) is 43.4 Å². The highest BCUT2D eigenvalue weighted by molar-refractivity contribution is 7.90. The van der Waals surface area contributed by atoms with Crippen molar-refractivity contribution < 1.29 is 13.2 Å². The molecule has 1 aromatic heterocycles. The molecule has 29 heavy (non-hydrogen) atoms. The minimum absolute atomic E-state index is 0.0298. The van der Waals surface area contributed by atoms with E-state index < -0.39 is 9.84 Å². The first-order valence-corrected chi connectivity index (χ1v) is 11.4. The molecule has 1 N–H and O–H groups in total. The topological polar surface area (TPSA) is 95.5 Å². The van der Waals surface area contributed by atoms with Crippen molar-refractivity contribution in [1.82, 2.24) is 9.97 Å². The third kappa shape index (κ3) is 3.78. The van der Waals surface area contributed by atoms with E-state index in [0.29, 0.717) is 30.4 Å². The molecular weight excluding hydrogens is 390 g/mol. The van der Waals surface area contributed by atoms with Crippen molar-refractivity contribution in [3.05, 3.63) is 35.5 Å². The van der Waals surface area contributed by atoms with Gasteiger partial charge >= 0.3 is 0 Å². The lowest BCUT2D eigenvalue weighted by Gasteiger charge is -2.36. The Balaban J connectivity index is 1.69. The van der Waals surface area contributed by atoms with Crippen LogP contribution in [-0.2, 0) is 26.1 Å². The second-order valence-corrected chi connectivity index (χ2v) is 10.6. The molecule has 2 aliphatic rings. The Bertz CT molecular complexity index is 1090. The van der Waals surface area contributed by atoms with E-state index in [9.17, 15) is 13.2 Å². The number of sulfone groups is 1. The van der Waals surface area contributed by atoms with Gasteiger partial charge in [0.25, 0.3) is 0 Å². The normalized spacial score (nSPS) is 18.3. The van der Waals surface area contributed by atoms with Crippen molar-refractivity contribution in [2.75, 3.05) is 28.7 Å². The summed E-state index contributed by atoms with van der Waals surface area (Å²) in [5.74, 6) is 1.29. The van der Waals surface area contributed by atoms with Crippen LogP contribution in [0.15, 0.2) is 24.4 Å². The fraction of sp³-hybridized carbons (Fsp3) is 0.450. The number of nitrogens with zero attached hydrogens (tertiary/aromatic N) is 4. The summed E-state index contributed by atoms with van der Waals surface area (Å²) in [7, 11) is -1.31. The van der Waals surface area contributed by atoms with Crippen molar-refractivity contribution in [2.24, 2.45) is 0 Å². The fourth-order valence-electron chi connectivity index (χ4n) is 3.76. The molecule has 8 nitrogen and oxygen atoms in total. The van der Waals surface area contributed by atoms with Gasteiger partial charge < -0.3 is 15.1 Å². The predicted molar refractivity (Wildman–Crippen MR) is 113 cm³/mol. The van der Waals surface area contributed by atoms with E-state index in [4.69, 9.17) is 4.98 Å². The average molecular weight is 416 g/mol. The Hall–Kier alpha value is -2.68. The van der Waals surface area contributed by atoms with Gasteiger partial charge in [-0.3, -0.25) is 4.79 Å². The fourth-order valence-corrected chi connectivity index (χ4v) is 5.36. The number of hydrogen-bond acceptors (Lipinski definition) is 7. The van der Waals surface area contributed by atoms with Gasteiger partial charge in [0.1, 0.15) is 5.69 Å². The summed E-state index contributed by atoms with van der Waals surface area (Å²) in [6.45, 7) is 6.83. The summed E-state index contributed by atoms with van der Waals surface area (Å²) in [4.78, 5) is 25.2. The number of aromatic nitrogens is 2. The summed E-state index contributed by atoms with van der Waals surface area (Å²) in [6, 6.07) is 5.51. The molecule has 0 aliphatic carbocycles. The zero-order chi connectivity index (χ0) is 21.0. The van der Waals surface area contributed by atoms with Crippen LogP contribution in [0.25, 0.3) is 0 Å². The van der Waals surface area contributed by atoms with Crippen LogP contribution in [0.4, 0.5) is 23.1 Å². The van der Waals surface area contributed by atoms with Gasteiger partial charge in [0.15, 0.2) is 15.7 Å². The summed E-state index contributed by atoms with van der Waals surface area (Å²) in [5, 5.41) is 3.18. The number of carbonyl (C=O) groups is 1. The molecule has 1 amide bonds. The molecule has 3 heterocycles. The maximum Gasteiger partial charge on any atom is 0.229 e. The standard InChI is InChI=1S/C20H25N5O3S/c1-20(2,3)25-8-7-17(26)24(4)16-10-21-19(23-18(16)25)22-15-6-5-13-11-29(27,28)12-14(13)9-15/h5-6,9-10H,7-8,11-12H2,1-4H3,(H,21,22,23). The third-order valence-corrected chi connectivity index (χ3v) is 6.82. The highest BCUT2D eigenvalue weighted by Crippen LogP contribution is 2.35. The highest BCUT2D eigenvalue weighted by atomic mass is 32.2. The zero-order valence-electron chi connectivity index (χ0n) is 17.1. The van der Waals surface area contributed by atoms with E-state index in [1.54, 1.807) is 18.1 Å². The summed E-state index contributed by atoms with van der Waals surface area (Å²) < 4.78 is 23.7. The van der Waals surface area contributed by atoms with Crippen LogP contribution < -0.4 is 15.1 Å². The predicted octanol–water partition coefficient (Wildman–Crippen LogP) is 2.62. The SMILES string of the molecule is CN1C(=O)CCN(C(C)(C)C)c2nc(Nc3ccc4c(c3)CS(=O)(=O)C4)ncc21. The largest absolute Gasteiger partial charge is 0.349 e. The average Bonchev–Trinajstić information content (AvgIpc) is 2.86. The van der Waals surface area contributed by atoms with Gasteiger partial charge in [0, 0.05) is 31.2 Å². The molecule has 0 saturated carbocycles. The van der Waals surface area contributed by atoms with E-state index in [1.807, 2.05) is 18.2 Å². The first kappa shape index (κ1) is 19.6. The van der Waals surface area contributed by atoms with Crippen molar-refractivity contribution in [3.8, 4) is 0 Å². The zero-order valence-corrected chi connectivity index (χ0v) is 17.9. The second kappa shape index (κ2) is 6.69. The lowest BCUT2D eigenvalue weighted by molar-refractivity contribution is -0.118. The number of carbonyl (C=O) groups excluding carboxylic acids is 1. The van der Waals surface area contributed by atoms with E-state index in [0.717, 1.165) is 16.8 Å². The molecule has 4 rings (SSSR count). The monoisotopic (exact) mass is 415 g/mol. The van der Waals surface area contributed by atoms with E-state index in [1.165, 1.54) is 0 Å². The molecule has 2 aliphatic heterocycles.